The molecule has 4 aromatic rings. The van der Waals surface area contributed by atoms with Crippen molar-refractivity contribution in [2.75, 3.05) is 10.6 Å². The summed E-state index contributed by atoms with van der Waals surface area (Å²) in [5.74, 6) is 1.31. The standard InChI is InChI=1S/C19H15ClN4S/c20-15-8-2-4-10-17(15)23-19-22-16-9-3-1-7-14(16)18(24-19)21-12-13-6-5-11-25-13/h1-11H,12H2,(H2,21,22,23,24). The molecule has 0 aliphatic heterocycles. The molecule has 0 saturated heterocycles. The van der Waals surface area contributed by atoms with Crippen LogP contribution in [0.15, 0.2) is 66.0 Å². The number of nitrogens with zero attached hydrogens (tertiary/aromatic N) is 2. The number of halogens is 1. The van der Waals surface area contributed by atoms with Gasteiger partial charge in [0.15, 0.2) is 0 Å². The summed E-state index contributed by atoms with van der Waals surface area (Å²) in [4.78, 5) is 10.5. The molecule has 2 N–H and O–H groups in total. The number of fused-ring (bicyclic) bond motifs is 1. The van der Waals surface area contributed by atoms with Gasteiger partial charge in [0.25, 0.3) is 0 Å². The molecule has 2 aromatic heterocycles. The van der Waals surface area contributed by atoms with Crippen LogP contribution in [0.3, 0.4) is 0 Å². The first kappa shape index (κ1) is 15.9. The summed E-state index contributed by atoms with van der Waals surface area (Å²) >= 11 is 7.95. The normalized spacial score (nSPS) is 10.8. The van der Waals surface area contributed by atoms with Crippen molar-refractivity contribution in [3.63, 3.8) is 0 Å². The van der Waals surface area contributed by atoms with Crippen molar-refractivity contribution >= 4 is 51.3 Å². The summed E-state index contributed by atoms with van der Waals surface area (Å²) in [5.41, 5.74) is 1.66. The van der Waals surface area contributed by atoms with Crippen molar-refractivity contribution in [3.8, 4) is 0 Å². The van der Waals surface area contributed by atoms with Crippen LogP contribution in [-0.4, -0.2) is 9.97 Å². The second kappa shape index (κ2) is 7.09. The zero-order valence-electron chi connectivity index (χ0n) is 13.2. The van der Waals surface area contributed by atoms with Crippen molar-refractivity contribution < 1.29 is 0 Å². The summed E-state index contributed by atoms with van der Waals surface area (Å²) in [6.45, 7) is 0.726. The Morgan fingerprint density at radius 3 is 2.60 bits per heavy atom. The van der Waals surface area contributed by atoms with E-state index in [2.05, 4.69) is 32.0 Å². The average Bonchev–Trinajstić information content (AvgIpc) is 3.15. The van der Waals surface area contributed by atoms with Gasteiger partial charge in [0, 0.05) is 10.3 Å². The minimum Gasteiger partial charge on any atom is -0.364 e. The van der Waals surface area contributed by atoms with Gasteiger partial charge in [-0.3, -0.25) is 0 Å². The Morgan fingerprint density at radius 2 is 1.76 bits per heavy atom. The minimum atomic E-state index is 0.514. The van der Waals surface area contributed by atoms with Crippen molar-refractivity contribution in [1.82, 2.24) is 9.97 Å². The van der Waals surface area contributed by atoms with Crippen LogP contribution in [0.1, 0.15) is 4.88 Å². The van der Waals surface area contributed by atoms with E-state index >= 15 is 0 Å². The number of hydrogen-bond donors (Lipinski definition) is 2. The average molecular weight is 367 g/mol. The van der Waals surface area contributed by atoms with Gasteiger partial charge in [-0.15, -0.1) is 11.3 Å². The Bertz CT molecular complexity index is 1000. The summed E-state index contributed by atoms with van der Waals surface area (Å²) in [6.07, 6.45) is 0. The molecule has 6 heteroatoms. The van der Waals surface area contributed by atoms with Crippen molar-refractivity contribution in [1.29, 1.82) is 0 Å². The van der Waals surface area contributed by atoms with E-state index < -0.39 is 0 Å². The number of hydrogen-bond acceptors (Lipinski definition) is 5. The molecule has 0 atom stereocenters. The topological polar surface area (TPSA) is 49.8 Å². The number of nitrogens with one attached hydrogen (secondary N) is 2. The first-order chi connectivity index (χ1) is 12.3. The third-order valence-corrected chi connectivity index (χ3v) is 4.94. The molecule has 0 amide bonds. The lowest BCUT2D eigenvalue weighted by Gasteiger charge is -2.12. The maximum Gasteiger partial charge on any atom is 0.229 e. The molecule has 0 radical (unpaired) electrons. The molecule has 4 rings (SSSR count). The fourth-order valence-electron chi connectivity index (χ4n) is 2.53. The first-order valence-corrected chi connectivity index (χ1v) is 9.10. The van der Waals surface area contributed by atoms with E-state index in [9.17, 15) is 0 Å². The highest BCUT2D eigenvalue weighted by Gasteiger charge is 2.09. The maximum absolute atomic E-state index is 6.23. The van der Waals surface area contributed by atoms with Gasteiger partial charge in [-0.25, -0.2) is 4.98 Å². The summed E-state index contributed by atoms with van der Waals surface area (Å²) < 4.78 is 0. The third-order valence-electron chi connectivity index (χ3n) is 3.73. The second-order valence-corrected chi connectivity index (χ2v) is 6.89. The quantitative estimate of drug-likeness (QED) is 0.475. The largest absolute Gasteiger partial charge is 0.364 e. The number of benzene rings is 2. The smallest absolute Gasteiger partial charge is 0.229 e. The molecule has 0 aliphatic rings. The summed E-state index contributed by atoms with van der Waals surface area (Å²) in [5, 5.41) is 10.3. The number of thiophene rings is 1. The van der Waals surface area contributed by atoms with Gasteiger partial charge < -0.3 is 10.6 Å². The van der Waals surface area contributed by atoms with E-state index in [1.165, 1.54) is 4.88 Å². The highest BCUT2D eigenvalue weighted by atomic mass is 35.5. The predicted octanol–water partition coefficient (Wildman–Crippen LogP) is 5.70. The van der Waals surface area contributed by atoms with Gasteiger partial charge in [-0.1, -0.05) is 41.9 Å². The lowest BCUT2D eigenvalue weighted by Crippen LogP contribution is -2.05. The summed E-state index contributed by atoms with van der Waals surface area (Å²) in [7, 11) is 0. The molecular formula is C19H15ClN4S. The van der Waals surface area contributed by atoms with E-state index in [1.54, 1.807) is 11.3 Å². The first-order valence-electron chi connectivity index (χ1n) is 7.84. The lowest BCUT2D eigenvalue weighted by molar-refractivity contribution is 1.13. The molecule has 0 spiro atoms. The van der Waals surface area contributed by atoms with E-state index in [0.29, 0.717) is 11.0 Å². The monoisotopic (exact) mass is 366 g/mol. The zero-order chi connectivity index (χ0) is 17.1. The van der Waals surface area contributed by atoms with Crippen LogP contribution < -0.4 is 10.6 Å². The van der Waals surface area contributed by atoms with Crippen LogP contribution in [0.2, 0.25) is 5.02 Å². The van der Waals surface area contributed by atoms with Crippen LogP contribution in [0.4, 0.5) is 17.5 Å². The van der Waals surface area contributed by atoms with Crippen molar-refractivity contribution in [2.45, 2.75) is 6.54 Å². The molecule has 25 heavy (non-hydrogen) atoms. The zero-order valence-corrected chi connectivity index (χ0v) is 14.8. The molecule has 0 bridgehead atoms. The highest BCUT2D eigenvalue weighted by molar-refractivity contribution is 7.09. The molecule has 0 aliphatic carbocycles. The van der Waals surface area contributed by atoms with E-state index in [1.807, 2.05) is 54.6 Å². The number of aromatic nitrogens is 2. The Balaban J connectivity index is 1.69. The van der Waals surface area contributed by atoms with Crippen LogP contribution in [-0.2, 0) is 6.54 Å². The van der Waals surface area contributed by atoms with E-state index in [0.717, 1.165) is 29.0 Å². The third kappa shape index (κ3) is 3.57. The minimum absolute atomic E-state index is 0.514. The van der Waals surface area contributed by atoms with Crippen LogP contribution in [0, 0.1) is 0 Å². The molecule has 0 unspecified atom stereocenters. The Kier molecular flexibility index (Phi) is 4.50. The fourth-order valence-corrected chi connectivity index (χ4v) is 3.36. The SMILES string of the molecule is Clc1ccccc1Nc1nc(NCc2cccs2)c2ccccc2n1. The molecule has 2 heterocycles. The molecule has 2 aromatic carbocycles. The predicted molar refractivity (Wildman–Crippen MR) is 106 cm³/mol. The van der Waals surface area contributed by atoms with Crippen molar-refractivity contribution in [3.05, 3.63) is 75.9 Å². The maximum atomic E-state index is 6.23. The van der Waals surface area contributed by atoms with Gasteiger partial charge in [0.1, 0.15) is 5.82 Å². The summed E-state index contributed by atoms with van der Waals surface area (Å²) in [6, 6.07) is 19.7. The molecule has 4 nitrogen and oxygen atoms in total. The van der Waals surface area contributed by atoms with Gasteiger partial charge in [-0.05, 0) is 35.7 Å². The highest BCUT2D eigenvalue weighted by Crippen LogP contribution is 2.27. The van der Waals surface area contributed by atoms with Gasteiger partial charge in [0.2, 0.25) is 5.95 Å². The molecular weight excluding hydrogens is 352 g/mol. The fraction of sp³-hybridized carbons (Fsp3) is 0.0526. The number of para-hydroxylation sites is 2. The van der Waals surface area contributed by atoms with Gasteiger partial charge in [0.05, 0.1) is 22.8 Å². The lowest BCUT2D eigenvalue weighted by atomic mass is 10.2. The van der Waals surface area contributed by atoms with Crippen LogP contribution >= 0.6 is 22.9 Å². The van der Waals surface area contributed by atoms with E-state index in [4.69, 9.17) is 11.6 Å². The number of rotatable bonds is 5. The molecule has 0 saturated carbocycles. The van der Waals surface area contributed by atoms with Crippen LogP contribution in [0.5, 0.6) is 0 Å². The second-order valence-electron chi connectivity index (χ2n) is 5.45. The van der Waals surface area contributed by atoms with Gasteiger partial charge in [-0.2, -0.15) is 4.98 Å². The molecule has 0 fully saturated rings. The van der Waals surface area contributed by atoms with Crippen LogP contribution in [0.25, 0.3) is 10.9 Å². The van der Waals surface area contributed by atoms with Gasteiger partial charge >= 0.3 is 0 Å². The Labute approximate surface area is 154 Å². The molecule has 124 valence electrons. The Morgan fingerprint density at radius 1 is 0.920 bits per heavy atom. The number of anilines is 3. The van der Waals surface area contributed by atoms with E-state index in [-0.39, 0.29) is 0 Å². The Hall–Kier alpha value is -2.63. The van der Waals surface area contributed by atoms with Crippen molar-refractivity contribution in [2.24, 2.45) is 0 Å².